The quantitative estimate of drug-likeness (QED) is 0.422. The van der Waals surface area contributed by atoms with Crippen LogP contribution in [-0.4, -0.2) is 30.2 Å². The summed E-state index contributed by atoms with van der Waals surface area (Å²) >= 11 is 0. The van der Waals surface area contributed by atoms with Gasteiger partial charge in [-0.2, -0.15) is 0 Å². The molecule has 0 unspecified atom stereocenters. The smallest absolute Gasteiger partial charge is 0.675 e. The summed E-state index contributed by atoms with van der Waals surface area (Å²) < 4.78 is 4.36. The second-order valence-electron chi connectivity index (χ2n) is 1.48. The van der Waals surface area contributed by atoms with Gasteiger partial charge in [-0.25, -0.2) is 0 Å². The molecule has 0 saturated carbocycles. The summed E-state index contributed by atoms with van der Waals surface area (Å²) in [6, 6.07) is 0. The first kappa shape index (κ1) is 17.5. The third kappa shape index (κ3) is 57.5. The van der Waals surface area contributed by atoms with Crippen molar-refractivity contribution in [1.29, 1.82) is 0 Å². The summed E-state index contributed by atoms with van der Waals surface area (Å²) in [7, 11) is 0. The Morgan fingerprint density at radius 3 is 2.00 bits per heavy atom. The number of ether oxygens (including phenoxy) is 1. The molecular formula is C6H11NO4Zn. The van der Waals surface area contributed by atoms with Gasteiger partial charge in [-0.15, -0.1) is 6.54 Å². The van der Waals surface area contributed by atoms with Crippen molar-refractivity contribution in [3.8, 4) is 0 Å². The second kappa shape index (κ2) is 13.0. The Morgan fingerprint density at radius 1 is 1.58 bits per heavy atom. The Balaban J connectivity index is -0.000000142. The molecule has 0 radical (unpaired) electrons. The van der Waals surface area contributed by atoms with Crippen molar-refractivity contribution in [1.82, 2.24) is 0 Å². The van der Waals surface area contributed by atoms with Crippen LogP contribution in [0.5, 0.6) is 0 Å². The van der Waals surface area contributed by atoms with Gasteiger partial charge >= 0.3 is 25.4 Å². The first-order chi connectivity index (χ1) is 5.00. The Hall–Kier alpha value is -0.607. The van der Waals surface area contributed by atoms with E-state index in [0.29, 0.717) is 0 Å². The van der Waals surface area contributed by atoms with E-state index in [2.05, 4.69) is 11.7 Å². The molecule has 6 heteroatoms. The number of carboxylic acid groups (broad SMARTS) is 1. The van der Waals surface area contributed by atoms with E-state index in [1.165, 1.54) is 6.92 Å². The van der Waals surface area contributed by atoms with Crippen molar-refractivity contribution in [2.24, 2.45) is 0 Å². The third-order valence-corrected chi connectivity index (χ3v) is 0.407. The normalized spacial score (nSPS) is 6.83. The van der Waals surface area contributed by atoms with Gasteiger partial charge in [0.1, 0.15) is 0 Å². The topological polar surface area (TPSA) is 87.4 Å². The molecule has 0 aliphatic carbocycles. The minimum atomic E-state index is -1.08. The fraction of sp³-hybridized carbons (Fsp3) is 0.500. The van der Waals surface area contributed by atoms with Crippen molar-refractivity contribution in [2.75, 3.05) is 13.2 Å². The van der Waals surface area contributed by atoms with Gasteiger partial charge in [0, 0.05) is 6.92 Å². The monoisotopic (exact) mass is 225 g/mol. The van der Waals surface area contributed by atoms with Crippen molar-refractivity contribution >= 4 is 11.9 Å². The average molecular weight is 227 g/mol. The van der Waals surface area contributed by atoms with Gasteiger partial charge in [0.25, 0.3) is 0 Å². The molecule has 0 aliphatic heterocycles. The molecule has 0 aromatic carbocycles. The summed E-state index contributed by atoms with van der Waals surface area (Å²) in [5.74, 6) is -1.40. The Labute approximate surface area is 84.0 Å². The molecule has 2 N–H and O–H groups in total. The number of aliphatic carboxylic acids is 1. The van der Waals surface area contributed by atoms with Gasteiger partial charge < -0.3 is 15.6 Å². The third-order valence-electron chi connectivity index (χ3n) is 0.407. The van der Waals surface area contributed by atoms with Gasteiger partial charge in [0.15, 0.2) is 5.97 Å². The van der Waals surface area contributed by atoms with E-state index in [4.69, 9.17) is 15.6 Å². The number of esters is 1. The minimum Gasteiger partial charge on any atom is -0.675 e. The SMILES string of the molecule is CC(=O)OCC[NH-].[CH2-]C(=O)O.[Zn+2]. The predicted octanol–water partition coefficient (Wildman–Crippen LogP) is 0.504. The largest absolute Gasteiger partial charge is 2.00 e. The molecule has 0 saturated heterocycles. The molecule has 0 fully saturated rings. The molecule has 0 bridgehead atoms. The zero-order valence-corrected chi connectivity index (χ0v) is 9.97. The molecule has 0 heterocycles. The van der Waals surface area contributed by atoms with Crippen LogP contribution in [0.2, 0.25) is 0 Å². The van der Waals surface area contributed by atoms with Gasteiger partial charge in [-0.05, 0) is 0 Å². The van der Waals surface area contributed by atoms with E-state index in [9.17, 15) is 4.79 Å². The van der Waals surface area contributed by atoms with Crippen LogP contribution in [0, 0.1) is 6.92 Å². The first-order valence-electron chi connectivity index (χ1n) is 2.83. The van der Waals surface area contributed by atoms with Crippen LogP contribution in [0.1, 0.15) is 6.92 Å². The molecule has 66 valence electrons. The molecule has 0 aromatic rings. The van der Waals surface area contributed by atoms with E-state index in [1.807, 2.05) is 0 Å². The molecule has 0 aromatic heterocycles. The Morgan fingerprint density at radius 2 is 1.92 bits per heavy atom. The number of nitrogens with one attached hydrogen (secondary N) is 1. The van der Waals surface area contributed by atoms with Crippen LogP contribution in [0.3, 0.4) is 0 Å². The first-order valence-corrected chi connectivity index (χ1v) is 2.83. The van der Waals surface area contributed by atoms with Crippen LogP contribution in [-0.2, 0) is 33.8 Å². The van der Waals surface area contributed by atoms with Crippen LogP contribution in [0.4, 0.5) is 0 Å². The van der Waals surface area contributed by atoms with Gasteiger partial charge in [0.2, 0.25) is 0 Å². The number of carboxylic acids is 1. The van der Waals surface area contributed by atoms with Gasteiger partial charge in [-0.3, -0.25) is 16.5 Å². The van der Waals surface area contributed by atoms with E-state index < -0.39 is 5.97 Å². The van der Waals surface area contributed by atoms with Crippen molar-refractivity contribution in [3.63, 3.8) is 0 Å². The predicted molar refractivity (Wildman–Crippen MR) is 38.8 cm³/mol. The summed E-state index contributed by atoms with van der Waals surface area (Å²) in [5.41, 5.74) is 6.52. The maximum Gasteiger partial charge on any atom is 2.00 e. The Kier molecular flexibility index (Phi) is 19.0. The zero-order chi connectivity index (χ0) is 9.28. The molecule has 0 aliphatic rings. The fourth-order valence-corrected chi connectivity index (χ4v) is 0.195. The average Bonchev–Trinajstić information content (AvgIpc) is 1.82. The number of carbonyl (C=O) groups is 2. The molecule has 0 amide bonds. The van der Waals surface area contributed by atoms with Crippen LogP contribution in [0.15, 0.2) is 0 Å². The number of rotatable bonds is 2. The summed E-state index contributed by atoms with van der Waals surface area (Å²) in [5, 5.41) is 7.31. The summed E-state index contributed by atoms with van der Waals surface area (Å²) in [4.78, 5) is 18.8. The van der Waals surface area contributed by atoms with E-state index in [1.54, 1.807) is 0 Å². The van der Waals surface area contributed by atoms with Crippen LogP contribution < -0.4 is 0 Å². The van der Waals surface area contributed by atoms with E-state index in [0.717, 1.165) is 0 Å². The van der Waals surface area contributed by atoms with Gasteiger partial charge in [0.05, 0.1) is 6.61 Å². The molecule has 5 nitrogen and oxygen atoms in total. The van der Waals surface area contributed by atoms with Crippen LogP contribution in [0.25, 0.3) is 5.73 Å². The van der Waals surface area contributed by atoms with E-state index in [-0.39, 0.29) is 38.6 Å². The van der Waals surface area contributed by atoms with Crippen molar-refractivity contribution in [2.45, 2.75) is 6.92 Å². The van der Waals surface area contributed by atoms with Crippen molar-refractivity contribution in [3.05, 3.63) is 12.7 Å². The minimum absolute atomic E-state index is 0. The summed E-state index contributed by atoms with van der Waals surface area (Å²) in [6.07, 6.45) is 0. The summed E-state index contributed by atoms with van der Waals surface area (Å²) in [6.45, 7) is 4.25. The molecule has 0 rings (SSSR count). The number of carbonyl (C=O) groups excluding carboxylic acids is 1. The number of hydrogen-bond donors (Lipinski definition) is 1. The van der Waals surface area contributed by atoms with Crippen LogP contribution >= 0.6 is 0 Å². The maximum atomic E-state index is 9.90. The Bertz CT molecular complexity index is 125. The zero-order valence-electron chi connectivity index (χ0n) is 7.00. The second-order valence-corrected chi connectivity index (χ2v) is 1.48. The van der Waals surface area contributed by atoms with Crippen molar-refractivity contribution < 1.29 is 38.9 Å². The molecular weight excluding hydrogens is 215 g/mol. The maximum absolute atomic E-state index is 9.90. The molecule has 0 atom stereocenters. The fourth-order valence-electron chi connectivity index (χ4n) is 0.195. The molecule has 0 spiro atoms. The number of hydrogen-bond acceptors (Lipinski definition) is 3. The molecule has 12 heavy (non-hydrogen) atoms. The van der Waals surface area contributed by atoms with E-state index >= 15 is 0 Å². The standard InChI is InChI=1S/C4H8NO2.C2H3O2.Zn/c1-4(6)7-3-2-5;1-2(3)4;/h5H,2-3H2,1H3;1H2,(H,3,4);/q2*-1;+2. The van der Waals surface area contributed by atoms with Gasteiger partial charge in [-0.1, -0.05) is 0 Å².